The van der Waals surface area contributed by atoms with Gasteiger partial charge < -0.3 is 4.98 Å². The van der Waals surface area contributed by atoms with Crippen LogP contribution in [0.2, 0.25) is 0 Å². The normalized spacial score (nSPS) is 19.2. The van der Waals surface area contributed by atoms with Gasteiger partial charge in [0.05, 0.1) is 6.04 Å². The Morgan fingerprint density at radius 2 is 1.97 bits per heavy atom. The molecule has 3 atom stereocenters. The number of aromatic amines is 1. The first-order valence-corrected chi connectivity index (χ1v) is 10.8. The van der Waals surface area contributed by atoms with E-state index in [1.54, 1.807) is 25.4 Å². The zero-order valence-electron chi connectivity index (χ0n) is 17.0. The molecule has 5 rings (SSSR count). The lowest BCUT2D eigenvalue weighted by atomic mass is 9.72. The minimum atomic E-state index is -4.56. The van der Waals surface area contributed by atoms with Crippen LogP contribution in [0.3, 0.4) is 0 Å². The van der Waals surface area contributed by atoms with E-state index in [1.165, 1.54) is 4.68 Å². The van der Waals surface area contributed by atoms with Gasteiger partial charge in [0.15, 0.2) is 16.3 Å². The van der Waals surface area contributed by atoms with Gasteiger partial charge >= 0.3 is 6.18 Å². The topological polar surface area (TPSA) is 126 Å². The first kappa shape index (κ1) is 21.2. The van der Waals surface area contributed by atoms with E-state index in [2.05, 4.69) is 30.0 Å². The summed E-state index contributed by atoms with van der Waals surface area (Å²) in [6.07, 6.45) is 1.45. The Bertz CT molecular complexity index is 1440. The summed E-state index contributed by atoms with van der Waals surface area (Å²) >= 11 is 0.486. The van der Waals surface area contributed by atoms with E-state index in [4.69, 9.17) is 0 Å². The molecule has 0 bridgehead atoms. The predicted octanol–water partition coefficient (Wildman–Crippen LogP) is 3.53. The summed E-state index contributed by atoms with van der Waals surface area (Å²) in [7, 11) is 0. The molecule has 4 aromatic heterocycles. The van der Waals surface area contributed by atoms with Gasteiger partial charge in [-0.1, -0.05) is 0 Å². The van der Waals surface area contributed by atoms with Crippen LogP contribution < -0.4 is 5.56 Å². The third kappa shape index (κ3) is 3.56. The number of H-pyrrole nitrogens is 1. The number of thiazole rings is 1. The van der Waals surface area contributed by atoms with Crippen LogP contribution in [0.1, 0.15) is 64.9 Å². The molecular weight excluding hydrogens is 457 g/mol. The van der Waals surface area contributed by atoms with E-state index < -0.39 is 22.8 Å². The number of aromatic nitrogens is 7. The largest absolute Gasteiger partial charge is 0.443 e. The Kier molecular flexibility index (Phi) is 4.97. The molecule has 0 spiro atoms. The highest BCUT2D eigenvalue weighted by molar-refractivity contribution is 7.11. The summed E-state index contributed by atoms with van der Waals surface area (Å²) in [4.78, 5) is 32.6. The number of fused-ring (bicyclic) bond motifs is 1. The van der Waals surface area contributed by atoms with Gasteiger partial charge in [-0.3, -0.25) is 4.79 Å². The lowest BCUT2D eigenvalue weighted by Crippen LogP contribution is -2.28. The maximum absolute atomic E-state index is 13.0. The highest BCUT2D eigenvalue weighted by Crippen LogP contribution is 2.46. The van der Waals surface area contributed by atoms with Gasteiger partial charge in [0.1, 0.15) is 23.1 Å². The van der Waals surface area contributed by atoms with Crippen molar-refractivity contribution in [2.45, 2.75) is 43.8 Å². The van der Waals surface area contributed by atoms with Gasteiger partial charge in [-0.15, -0.1) is 11.3 Å². The van der Waals surface area contributed by atoms with Gasteiger partial charge in [0.25, 0.3) is 5.56 Å². The summed E-state index contributed by atoms with van der Waals surface area (Å²) in [5, 5.41) is 12.7. The van der Waals surface area contributed by atoms with Crippen molar-refractivity contribution in [1.82, 2.24) is 34.7 Å². The quantitative estimate of drug-likeness (QED) is 0.481. The number of nitriles is 1. The average molecular weight is 472 g/mol. The van der Waals surface area contributed by atoms with Crippen molar-refractivity contribution >= 4 is 22.4 Å². The van der Waals surface area contributed by atoms with E-state index in [0.29, 0.717) is 23.0 Å². The molecule has 1 aliphatic carbocycles. The Hall–Kier alpha value is -3.66. The summed E-state index contributed by atoms with van der Waals surface area (Å²) in [6, 6.07) is 2.87. The SMILES string of the molecule is CC(c1cnc(C(F)(F)F)s1)n1nc(C#N)c2c(=O)[nH]c(C3CCC3c3ncccn3)nc21. The Balaban J connectivity index is 1.59. The van der Waals surface area contributed by atoms with Crippen molar-refractivity contribution in [2.24, 2.45) is 0 Å². The number of alkyl halides is 3. The fourth-order valence-electron chi connectivity index (χ4n) is 3.96. The fourth-order valence-corrected chi connectivity index (χ4v) is 4.78. The molecule has 1 aliphatic rings. The third-order valence-electron chi connectivity index (χ3n) is 5.77. The zero-order valence-corrected chi connectivity index (χ0v) is 17.9. The lowest BCUT2D eigenvalue weighted by molar-refractivity contribution is -0.137. The third-order valence-corrected chi connectivity index (χ3v) is 6.99. The molecule has 1 saturated carbocycles. The second-order valence-corrected chi connectivity index (χ2v) is 8.76. The average Bonchev–Trinajstić information content (AvgIpc) is 3.39. The van der Waals surface area contributed by atoms with E-state index in [9.17, 15) is 23.2 Å². The molecule has 13 heteroatoms. The van der Waals surface area contributed by atoms with Crippen LogP contribution in [-0.4, -0.2) is 34.7 Å². The van der Waals surface area contributed by atoms with Crippen molar-refractivity contribution in [2.75, 3.05) is 0 Å². The molecule has 3 unspecified atom stereocenters. The van der Waals surface area contributed by atoms with Crippen LogP contribution >= 0.6 is 11.3 Å². The van der Waals surface area contributed by atoms with Crippen LogP contribution in [0, 0.1) is 11.3 Å². The van der Waals surface area contributed by atoms with E-state index >= 15 is 0 Å². The van der Waals surface area contributed by atoms with Gasteiger partial charge in [-0.05, 0) is 25.8 Å². The van der Waals surface area contributed by atoms with Crippen molar-refractivity contribution in [3.05, 3.63) is 62.2 Å². The highest BCUT2D eigenvalue weighted by atomic mass is 32.1. The van der Waals surface area contributed by atoms with E-state index in [0.717, 1.165) is 19.0 Å². The Labute approximate surface area is 188 Å². The maximum atomic E-state index is 13.0. The van der Waals surface area contributed by atoms with Gasteiger partial charge in [-0.25, -0.2) is 24.6 Å². The molecular formula is C20H15F3N8OS. The van der Waals surface area contributed by atoms with Gasteiger partial charge in [0, 0.05) is 35.3 Å². The maximum Gasteiger partial charge on any atom is 0.443 e. The zero-order chi connectivity index (χ0) is 23.3. The van der Waals surface area contributed by atoms with Crippen LogP contribution in [-0.2, 0) is 6.18 Å². The molecule has 0 amide bonds. The molecule has 0 aromatic carbocycles. The molecule has 0 saturated heterocycles. The first-order valence-electron chi connectivity index (χ1n) is 10.00. The summed E-state index contributed by atoms with van der Waals surface area (Å²) in [6.45, 7) is 1.62. The molecule has 0 aliphatic heterocycles. The number of nitrogens with one attached hydrogen (secondary N) is 1. The first-order chi connectivity index (χ1) is 15.8. The molecule has 4 aromatic rings. The standard InChI is InChI=1S/C20H15F3N8OS/c1-9(13-8-27-19(33-13)20(21,22)23)31-17-14(12(7-24)30-31)18(32)29-16(28-17)11-4-3-10(11)15-25-5-2-6-26-15/h2,5-6,8-11H,3-4H2,1H3,(H,28,29,32). The van der Waals surface area contributed by atoms with Crippen LogP contribution in [0.25, 0.3) is 11.0 Å². The van der Waals surface area contributed by atoms with E-state index in [-0.39, 0.29) is 33.4 Å². The van der Waals surface area contributed by atoms with Crippen molar-refractivity contribution in [3.8, 4) is 6.07 Å². The summed E-state index contributed by atoms with van der Waals surface area (Å²) in [5.74, 6) is 0.913. The van der Waals surface area contributed by atoms with Crippen LogP contribution in [0.5, 0.6) is 0 Å². The molecule has 168 valence electrons. The lowest BCUT2D eigenvalue weighted by Gasteiger charge is -2.34. The number of halogens is 3. The molecule has 9 nitrogen and oxygen atoms in total. The molecule has 1 fully saturated rings. The number of nitrogens with zero attached hydrogens (tertiary/aromatic N) is 7. The minimum absolute atomic E-state index is 0.000458. The molecule has 1 N–H and O–H groups in total. The predicted molar refractivity (Wildman–Crippen MR) is 111 cm³/mol. The minimum Gasteiger partial charge on any atom is -0.310 e. The smallest absolute Gasteiger partial charge is 0.310 e. The molecule has 0 radical (unpaired) electrons. The van der Waals surface area contributed by atoms with Crippen molar-refractivity contribution < 1.29 is 13.2 Å². The molecule has 33 heavy (non-hydrogen) atoms. The van der Waals surface area contributed by atoms with E-state index in [1.807, 2.05) is 6.07 Å². The summed E-state index contributed by atoms with van der Waals surface area (Å²) in [5.41, 5.74) is -0.529. The van der Waals surface area contributed by atoms with Crippen molar-refractivity contribution in [3.63, 3.8) is 0 Å². The Morgan fingerprint density at radius 1 is 1.24 bits per heavy atom. The second-order valence-electron chi connectivity index (χ2n) is 7.69. The monoisotopic (exact) mass is 472 g/mol. The fraction of sp³-hybridized carbons (Fsp3) is 0.350. The summed E-state index contributed by atoms with van der Waals surface area (Å²) < 4.78 is 40.3. The van der Waals surface area contributed by atoms with Gasteiger partial charge in [0.2, 0.25) is 0 Å². The Morgan fingerprint density at radius 3 is 2.58 bits per heavy atom. The van der Waals surface area contributed by atoms with Crippen LogP contribution in [0.4, 0.5) is 13.2 Å². The highest BCUT2D eigenvalue weighted by Gasteiger charge is 2.38. The number of hydrogen-bond acceptors (Lipinski definition) is 8. The van der Waals surface area contributed by atoms with Crippen LogP contribution in [0.15, 0.2) is 29.5 Å². The molecule has 4 heterocycles. The van der Waals surface area contributed by atoms with Gasteiger partial charge in [-0.2, -0.15) is 23.5 Å². The van der Waals surface area contributed by atoms with Crippen molar-refractivity contribution in [1.29, 1.82) is 5.26 Å². The number of hydrogen-bond donors (Lipinski definition) is 1. The second kappa shape index (κ2) is 7.73. The number of rotatable bonds is 4.